The molecule has 0 amide bonds. The number of aliphatic hydroxyl groups excluding tert-OH is 1. The van der Waals surface area contributed by atoms with Crippen LogP contribution in [-0.4, -0.2) is 36.0 Å². The standard InChI is InChI=1S/C32H40F2O5/c1-31(2,3)39-30(36)29-26(33)17-21(18-27(29)34)38-20-7-9-22-19(16-20)6-8-24-23(22)12-13-32(4)25(24)10-11-28(32)37-15-5-14-35/h7,9,16-18,23-25,28,35H,5-6,8,10-15H2,1-4H3/t23-,24-,25+,28+,32+/m1/s1. The average Bonchev–Trinajstić information content (AvgIpc) is 3.18. The Morgan fingerprint density at radius 1 is 1.05 bits per heavy atom. The van der Waals surface area contributed by atoms with E-state index in [1.807, 2.05) is 12.1 Å². The minimum absolute atomic E-state index is 0.00225. The monoisotopic (exact) mass is 542 g/mol. The van der Waals surface area contributed by atoms with Gasteiger partial charge in [0.25, 0.3) is 0 Å². The minimum Gasteiger partial charge on any atom is -0.457 e. The number of rotatable bonds is 7. The van der Waals surface area contributed by atoms with Crippen LogP contribution in [0, 0.1) is 28.9 Å². The highest BCUT2D eigenvalue weighted by Gasteiger charge is 2.55. The predicted molar refractivity (Wildman–Crippen MR) is 144 cm³/mol. The van der Waals surface area contributed by atoms with Crippen LogP contribution >= 0.6 is 0 Å². The van der Waals surface area contributed by atoms with E-state index in [4.69, 9.17) is 19.3 Å². The maximum Gasteiger partial charge on any atom is 0.344 e. The zero-order chi connectivity index (χ0) is 27.9. The molecule has 0 radical (unpaired) electrons. The van der Waals surface area contributed by atoms with Gasteiger partial charge in [0.1, 0.15) is 34.3 Å². The normalized spacial score (nSPS) is 27.9. The predicted octanol–water partition coefficient (Wildman–Crippen LogP) is 7.34. The molecule has 0 unspecified atom stereocenters. The highest BCUT2D eigenvalue weighted by molar-refractivity contribution is 5.90. The second-order valence-corrected chi connectivity index (χ2v) is 12.7. The van der Waals surface area contributed by atoms with Crippen LogP contribution in [0.1, 0.15) is 93.6 Å². The molecule has 5 atom stereocenters. The first-order valence-electron chi connectivity index (χ1n) is 14.3. The first-order chi connectivity index (χ1) is 18.5. The molecule has 212 valence electrons. The van der Waals surface area contributed by atoms with E-state index in [9.17, 15) is 13.6 Å². The Labute approximate surface area is 229 Å². The molecule has 2 aromatic rings. The Bertz CT molecular complexity index is 1200. The third-order valence-corrected chi connectivity index (χ3v) is 9.09. The van der Waals surface area contributed by atoms with Crippen molar-refractivity contribution in [1.82, 2.24) is 0 Å². The van der Waals surface area contributed by atoms with E-state index in [0.717, 1.165) is 44.2 Å². The Kier molecular flexibility index (Phi) is 7.77. The van der Waals surface area contributed by atoms with Gasteiger partial charge in [-0.1, -0.05) is 13.0 Å². The molecule has 0 saturated heterocycles. The van der Waals surface area contributed by atoms with Crippen LogP contribution in [0.2, 0.25) is 0 Å². The fourth-order valence-corrected chi connectivity index (χ4v) is 7.41. The number of fused-ring (bicyclic) bond motifs is 5. The summed E-state index contributed by atoms with van der Waals surface area (Å²) in [5.41, 5.74) is 1.21. The first kappa shape index (κ1) is 28.0. The molecule has 3 aliphatic rings. The number of benzene rings is 2. The van der Waals surface area contributed by atoms with E-state index in [2.05, 4.69) is 13.0 Å². The molecule has 39 heavy (non-hydrogen) atoms. The van der Waals surface area contributed by atoms with Crippen molar-refractivity contribution in [2.75, 3.05) is 13.2 Å². The summed E-state index contributed by atoms with van der Waals surface area (Å²) in [6.45, 7) is 8.12. The van der Waals surface area contributed by atoms with E-state index >= 15 is 0 Å². The summed E-state index contributed by atoms with van der Waals surface area (Å²) in [5, 5.41) is 9.14. The van der Waals surface area contributed by atoms with Gasteiger partial charge in [-0.15, -0.1) is 0 Å². The molecule has 1 N–H and O–H groups in total. The maximum absolute atomic E-state index is 14.7. The van der Waals surface area contributed by atoms with Crippen molar-refractivity contribution in [2.24, 2.45) is 17.3 Å². The van der Waals surface area contributed by atoms with Gasteiger partial charge in [0, 0.05) is 25.3 Å². The smallest absolute Gasteiger partial charge is 0.344 e. The summed E-state index contributed by atoms with van der Waals surface area (Å²) in [6, 6.07) is 8.04. The zero-order valence-electron chi connectivity index (χ0n) is 23.4. The molecule has 3 aliphatic carbocycles. The third kappa shape index (κ3) is 5.58. The second-order valence-electron chi connectivity index (χ2n) is 12.7. The summed E-state index contributed by atoms with van der Waals surface area (Å²) in [4.78, 5) is 12.3. The summed E-state index contributed by atoms with van der Waals surface area (Å²) >= 11 is 0. The van der Waals surface area contributed by atoms with Gasteiger partial charge >= 0.3 is 5.97 Å². The lowest BCUT2D eigenvalue weighted by molar-refractivity contribution is -0.0661. The summed E-state index contributed by atoms with van der Waals surface area (Å²) in [7, 11) is 0. The van der Waals surface area contributed by atoms with Crippen LogP contribution in [0.3, 0.4) is 0 Å². The number of ether oxygens (including phenoxy) is 3. The zero-order valence-corrected chi connectivity index (χ0v) is 23.4. The first-order valence-corrected chi connectivity index (χ1v) is 14.3. The Hall–Kier alpha value is -2.51. The van der Waals surface area contributed by atoms with Crippen LogP contribution in [0.15, 0.2) is 30.3 Å². The number of aliphatic hydroxyl groups is 1. The number of hydrogen-bond acceptors (Lipinski definition) is 5. The van der Waals surface area contributed by atoms with Crippen molar-refractivity contribution in [3.05, 3.63) is 58.7 Å². The van der Waals surface area contributed by atoms with E-state index < -0.39 is 28.8 Å². The van der Waals surface area contributed by atoms with Crippen molar-refractivity contribution < 1.29 is 32.9 Å². The molecule has 0 bridgehead atoms. The Morgan fingerprint density at radius 2 is 1.79 bits per heavy atom. The van der Waals surface area contributed by atoms with Crippen LogP contribution < -0.4 is 4.74 Å². The molecular formula is C32H40F2O5. The fourth-order valence-electron chi connectivity index (χ4n) is 7.41. The summed E-state index contributed by atoms with van der Waals surface area (Å²) < 4.78 is 46.7. The quantitative estimate of drug-likeness (QED) is 0.293. The van der Waals surface area contributed by atoms with Crippen molar-refractivity contribution in [2.45, 2.75) is 90.3 Å². The van der Waals surface area contributed by atoms with Gasteiger partial charge in [-0.3, -0.25) is 0 Å². The fraction of sp³-hybridized carbons (Fsp3) is 0.594. The number of carbonyl (C=O) groups is 1. The molecule has 2 aromatic carbocycles. The summed E-state index contributed by atoms with van der Waals surface area (Å²) in [6.07, 6.45) is 7.54. The van der Waals surface area contributed by atoms with Crippen molar-refractivity contribution >= 4 is 5.97 Å². The van der Waals surface area contributed by atoms with Gasteiger partial charge < -0.3 is 19.3 Å². The highest BCUT2D eigenvalue weighted by atomic mass is 19.1. The molecule has 5 rings (SSSR count). The van der Waals surface area contributed by atoms with Gasteiger partial charge in [-0.05, 0) is 112 Å². The number of aryl methyl sites for hydroxylation is 1. The number of halogens is 2. The lowest BCUT2D eigenvalue weighted by atomic mass is 9.55. The lowest BCUT2D eigenvalue weighted by Gasteiger charge is -2.50. The second kappa shape index (κ2) is 10.8. The van der Waals surface area contributed by atoms with E-state index in [0.29, 0.717) is 36.5 Å². The molecule has 0 spiro atoms. The van der Waals surface area contributed by atoms with E-state index in [1.165, 1.54) is 17.5 Å². The Balaban J connectivity index is 1.30. The molecular weight excluding hydrogens is 502 g/mol. The summed E-state index contributed by atoms with van der Waals surface area (Å²) in [5.74, 6) is -0.790. The van der Waals surface area contributed by atoms with Crippen molar-refractivity contribution in [1.29, 1.82) is 0 Å². The molecule has 7 heteroatoms. The SMILES string of the molecule is CC(C)(C)OC(=O)c1c(F)cc(Oc2ccc3c(c2)CC[C@@H]2[C@@H]3CC[C@]3(C)[C@@H](OCCCO)CC[C@@H]23)cc1F. The number of hydrogen-bond donors (Lipinski definition) is 1. The highest BCUT2D eigenvalue weighted by Crippen LogP contribution is 2.61. The average molecular weight is 543 g/mol. The largest absolute Gasteiger partial charge is 0.457 e. The Morgan fingerprint density at radius 3 is 2.49 bits per heavy atom. The van der Waals surface area contributed by atoms with Gasteiger partial charge in [0.2, 0.25) is 0 Å². The minimum atomic E-state index is -1.04. The molecule has 0 aromatic heterocycles. The third-order valence-electron chi connectivity index (χ3n) is 9.09. The van der Waals surface area contributed by atoms with Gasteiger partial charge in [0.05, 0.1) is 6.10 Å². The van der Waals surface area contributed by atoms with Crippen LogP contribution in [0.5, 0.6) is 11.5 Å². The lowest BCUT2D eigenvalue weighted by Crippen LogP contribution is -2.44. The topological polar surface area (TPSA) is 65.0 Å². The van der Waals surface area contributed by atoms with Crippen molar-refractivity contribution in [3.63, 3.8) is 0 Å². The molecule has 0 heterocycles. The van der Waals surface area contributed by atoms with Gasteiger partial charge in [-0.2, -0.15) is 0 Å². The molecule has 2 fully saturated rings. The molecule has 5 nitrogen and oxygen atoms in total. The van der Waals surface area contributed by atoms with Gasteiger partial charge in [-0.25, -0.2) is 13.6 Å². The number of carbonyl (C=O) groups excluding carboxylic acids is 1. The van der Waals surface area contributed by atoms with Crippen LogP contribution in [-0.2, 0) is 15.9 Å². The van der Waals surface area contributed by atoms with Crippen LogP contribution in [0.4, 0.5) is 8.78 Å². The van der Waals surface area contributed by atoms with E-state index in [-0.39, 0.29) is 23.9 Å². The van der Waals surface area contributed by atoms with E-state index in [1.54, 1.807) is 20.8 Å². The maximum atomic E-state index is 14.7. The molecule has 2 saturated carbocycles. The van der Waals surface area contributed by atoms with Crippen molar-refractivity contribution in [3.8, 4) is 11.5 Å². The molecule has 0 aliphatic heterocycles. The van der Waals surface area contributed by atoms with Crippen LogP contribution in [0.25, 0.3) is 0 Å². The van der Waals surface area contributed by atoms with Gasteiger partial charge in [0.15, 0.2) is 0 Å². The number of esters is 1.